The highest BCUT2D eigenvalue weighted by atomic mass is 16.8. The van der Waals surface area contributed by atoms with E-state index >= 15 is 0 Å². The largest absolute Gasteiger partial charge is 0.394 e. The van der Waals surface area contributed by atoms with Crippen LogP contribution >= 0.6 is 0 Å². The molecule has 25 atom stereocenters. The van der Waals surface area contributed by atoms with Gasteiger partial charge in [-0.25, -0.2) is 0 Å². The summed E-state index contributed by atoms with van der Waals surface area (Å²) in [6, 6.07) is 0. The molecule has 0 spiro atoms. The number of fused-ring (bicyclic) bond motifs is 5. The van der Waals surface area contributed by atoms with E-state index in [-0.39, 0.29) is 46.5 Å². The topological polar surface area (TPSA) is 318 Å². The molecule has 3 heterocycles. The van der Waals surface area contributed by atoms with Crippen molar-refractivity contribution in [3.05, 3.63) is 11.6 Å². The lowest BCUT2D eigenvalue weighted by molar-refractivity contribution is -0.378. The molecule has 7 rings (SSSR count). The minimum atomic E-state index is -1.80. The zero-order chi connectivity index (χ0) is 49.3. The fraction of sp³-hybridized carbons (Fsp3) is 0.958. The molecule has 0 aromatic heterocycles. The molecular formula is C48H82O19. The number of aliphatic hydroxyl groups is 13. The van der Waals surface area contributed by atoms with Crippen LogP contribution in [0, 0.1) is 45.3 Å². The third kappa shape index (κ3) is 9.13. The van der Waals surface area contributed by atoms with E-state index < -0.39 is 135 Å². The summed E-state index contributed by atoms with van der Waals surface area (Å²) >= 11 is 0. The normalized spacial score (nSPS) is 52.2. The maximum absolute atomic E-state index is 12.7. The Kier molecular flexibility index (Phi) is 16.1. The molecule has 7 aliphatic rings. The lowest BCUT2D eigenvalue weighted by Crippen LogP contribution is -2.68. The van der Waals surface area contributed by atoms with Gasteiger partial charge in [-0.1, -0.05) is 46.3 Å². The van der Waals surface area contributed by atoms with Gasteiger partial charge < -0.3 is 94.8 Å². The standard InChI is InChI=1S/C48H82O19/c1-22(18-49)9-8-13-48(7,67-42-39(61)36(58)33(55)26(20-51)63-42)23-10-15-47(6)31(23)24(53)17-29-45(4)14-12-30(44(2,3)28(45)11-16-46(29,47)5)65-43-40(37(59)34(56)27(21-52)64-43)66-41-38(60)35(57)32(54)25(19-50)62-41/h9,23-43,49-61H,8,10-21H2,1-7H3. The highest BCUT2D eigenvalue weighted by Gasteiger charge is 2.72. The number of ether oxygens (including phenoxy) is 6. The van der Waals surface area contributed by atoms with Crippen LogP contribution in [0.5, 0.6) is 0 Å². The van der Waals surface area contributed by atoms with E-state index in [1.165, 1.54) is 0 Å². The average Bonchev–Trinajstić information content (AvgIpc) is 3.68. The van der Waals surface area contributed by atoms with Crippen LogP contribution in [0.2, 0.25) is 0 Å². The van der Waals surface area contributed by atoms with E-state index in [0.29, 0.717) is 38.5 Å². The van der Waals surface area contributed by atoms with Crippen LogP contribution in [0.3, 0.4) is 0 Å². The van der Waals surface area contributed by atoms with Gasteiger partial charge in [0.2, 0.25) is 0 Å². The van der Waals surface area contributed by atoms with Gasteiger partial charge in [0.25, 0.3) is 0 Å². The van der Waals surface area contributed by atoms with Gasteiger partial charge >= 0.3 is 0 Å². The smallest absolute Gasteiger partial charge is 0.187 e. The molecule has 19 heteroatoms. The molecule has 4 saturated carbocycles. The van der Waals surface area contributed by atoms with Crippen LogP contribution in [0.15, 0.2) is 11.6 Å². The molecule has 7 fully saturated rings. The molecule has 25 unspecified atom stereocenters. The molecule has 4 aliphatic carbocycles. The zero-order valence-corrected chi connectivity index (χ0v) is 40.2. The van der Waals surface area contributed by atoms with Crippen LogP contribution < -0.4 is 0 Å². The van der Waals surface area contributed by atoms with Gasteiger partial charge in [-0.05, 0) is 117 Å². The summed E-state index contributed by atoms with van der Waals surface area (Å²) in [4.78, 5) is 0. The minimum absolute atomic E-state index is 0.0697. The summed E-state index contributed by atoms with van der Waals surface area (Å²) in [6.45, 7) is 13.0. The summed E-state index contributed by atoms with van der Waals surface area (Å²) in [5.41, 5.74) is -1.68. The molecule has 3 aliphatic heterocycles. The van der Waals surface area contributed by atoms with Crippen LogP contribution in [0.4, 0.5) is 0 Å². The number of hydrogen-bond acceptors (Lipinski definition) is 19. The maximum atomic E-state index is 12.7. The maximum Gasteiger partial charge on any atom is 0.187 e. The molecular weight excluding hydrogens is 881 g/mol. The quantitative estimate of drug-likeness (QED) is 0.0730. The van der Waals surface area contributed by atoms with E-state index in [1.54, 1.807) is 0 Å². The van der Waals surface area contributed by atoms with Gasteiger partial charge in [0, 0.05) is 0 Å². The second-order valence-corrected chi connectivity index (χ2v) is 22.8. The van der Waals surface area contributed by atoms with Gasteiger partial charge in [-0.3, -0.25) is 0 Å². The third-order valence-electron chi connectivity index (χ3n) is 19.0. The Balaban J connectivity index is 1.13. The monoisotopic (exact) mass is 963 g/mol. The first-order valence-corrected chi connectivity index (χ1v) is 24.6. The van der Waals surface area contributed by atoms with Crippen molar-refractivity contribution < 1.29 is 94.8 Å². The zero-order valence-electron chi connectivity index (χ0n) is 40.2. The molecule has 0 aromatic carbocycles. The lowest BCUT2D eigenvalue weighted by atomic mass is 9.35. The minimum Gasteiger partial charge on any atom is -0.394 e. The highest BCUT2D eigenvalue weighted by Crippen LogP contribution is 2.76. The van der Waals surface area contributed by atoms with Crippen molar-refractivity contribution in [1.82, 2.24) is 0 Å². The SMILES string of the molecule is CC(=CCCC(C)(OC1OC(CO)C(O)C(O)C1O)C1CCC2(C)C1C(O)CC1C3(C)CCC(OC4OC(CO)C(O)C(O)C4OC4OC(CO)C(O)C(O)C4O)C(C)(C)C3CCC12C)CO. The van der Waals surface area contributed by atoms with Crippen molar-refractivity contribution in [1.29, 1.82) is 0 Å². The fourth-order valence-corrected chi connectivity index (χ4v) is 14.9. The summed E-state index contributed by atoms with van der Waals surface area (Å²) in [5, 5.41) is 139. The molecule has 0 aromatic rings. The lowest BCUT2D eigenvalue weighted by Gasteiger charge is -2.71. The Morgan fingerprint density at radius 3 is 1.73 bits per heavy atom. The first kappa shape index (κ1) is 53.8. The first-order valence-electron chi connectivity index (χ1n) is 24.6. The second-order valence-electron chi connectivity index (χ2n) is 22.8. The predicted molar refractivity (Wildman–Crippen MR) is 235 cm³/mol. The van der Waals surface area contributed by atoms with Gasteiger partial charge in [0.05, 0.1) is 44.2 Å². The van der Waals surface area contributed by atoms with Crippen molar-refractivity contribution >= 4 is 0 Å². The molecule has 3 saturated heterocycles. The van der Waals surface area contributed by atoms with E-state index in [2.05, 4.69) is 34.6 Å². The Morgan fingerprint density at radius 2 is 1.15 bits per heavy atom. The van der Waals surface area contributed by atoms with E-state index in [0.717, 1.165) is 24.8 Å². The Bertz CT molecular complexity index is 1700. The summed E-state index contributed by atoms with van der Waals surface area (Å²) in [5.74, 6) is -0.313. The molecule has 13 N–H and O–H groups in total. The number of rotatable bonds is 14. The molecule has 0 amide bonds. The van der Waals surface area contributed by atoms with Crippen LogP contribution in [0.25, 0.3) is 0 Å². The number of aliphatic hydroxyl groups excluding tert-OH is 13. The molecule has 0 radical (unpaired) electrons. The Morgan fingerprint density at radius 1 is 0.612 bits per heavy atom. The van der Waals surface area contributed by atoms with E-state index in [9.17, 15) is 66.4 Å². The van der Waals surface area contributed by atoms with Gasteiger partial charge in [-0.2, -0.15) is 0 Å². The van der Waals surface area contributed by atoms with Crippen molar-refractivity contribution in [3.63, 3.8) is 0 Å². The third-order valence-corrected chi connectivity index (χ3v) is 19.0. The Labute approximate surface area is 393 Å². The van der Waals surface area contributed by atoms with E-state index in [1.807, 2.05) is 19.9 Å². The Hall–Kier alpha value is -1.02. The summed E-state index contributed by atoms with van der Waals surface area (Å²) < 4.78 is 37.1. The van der Waals surface area contributed by atoms with Gasteiger partial charge in [0.15, 0.2) is 18.9 Å². The molecule has 67 heavy (non-hydrogen) atoms. The van der Waals surface area contributed by atoms with Crippen molar-refractivity contribution in [2.45, 2.75) is 216 Å². The van der Waals surface area contributed by atoms with Gasteiger partial charge in [-0.15, -0.1) is 0 Å². The average molecular weight is 963 g/mol. The molecule has 388 valence electrons. The summed E-state index contributed by atoms with van der Waals surface area (Å²) in [6.07, 6.45) is -16.4. The first-order chi connectivity index (χ1) is 31.4. The highest BCUT2D eigenvalue weighted by molar-refractivity contribution is 5.20. The summed E-state index contributed by atoms with van der Waals surface area (Å²) in [7, 11) is 0. The van der Waals surface area contributed by atoms with Gasteiger partial charge in [0.1, 0.15) is 73.2 Å². The molecule has 0 bridgehead atoms. The number of allylic oxidation sites excluding steroid dienone is 1. The predicted octanol–water partition coefficient (Wildman–Crippen LogP) is -1.05. The molecule has 19 nitrogen and oxygen atoms in total. The van der Waals surface area contributed by atoms with Crippen molar-refractivity contribution in [2.75, 3.05) is 26.4 Å². The van der Waals surface area contributed by atoms with E-state index in [4.69, 9.17) is 28.4 Å². The van der Waals surface area contributed by atoms with Crippen LogP contribution in [0.1, 0.15) is 106 Å². The fourth-order valence-electron chi connectivity index (χ4n) is 14.9. The second kappa shape index (κ2) is 20.1. The van der Waals surface area contributed by atoms with Crippen molar-refractivity contribution in [2.24, 2.45) is 45.3 Å². The van der Waals surface area contributed by atoms with Crippen molar-refractivity contribution in [3.8, 4) is 0 Å². The van der Waals surface area contributed by atoms with Crippen LogP contribution in [-0.2, 0) is 28.4 Å². The van der Waals surface area contributed by atoms with Crippen LogP contribution in [-0.4, -0.2) is 203 Å². The number of hydrogen-bond donors (Lipinski definition) is 13.